The summed E-state index contributed by atoms with van der Waals surface area (Å²) in [5, 5.41) is 0. The molecule has 0 N–H and O–H groups in total. The van der Waals surface area contributed by atoms with Gasteiger partial charge in [-0.05, 0) is 26.3 Å². The van der Waals surface area contributed by atoms with Crippen LogP contribution in [0.1, 0.15) is 30.6 Å². The molecule has 27 heavy (non-hydrogen) atoms. The summed E-state index contributed by atoms with van der Waals surface area (Å²) in [5.74, 6) is 2.09. The molecule has 3 aromatic rings. The normalized spacial score (nSPS) is 17.3. The Morgan fingerprint density at radius 3 is 2.67 bits per heavy atom. The van der Waals surface area contributed by atoms with E-state index in [9.17, 15) is 0 Å². The first-order valence-electron chi connectivity index (χ1n) is 9.78. The number of rotatable bonds is 6. The lowest BCUT2D eigenvalue weighted by Gasteiger charge is -2.20. The van der Waals surface area contributed by atoms with Crippen LogP contribution in [0.5, 0.6) is 5.75 Å². The minimum Gasteiger partial charge on any atom is -0.494 e. The molecule has 0 spiro atoms. The molecule has 0 saturated carbocycles. The molecule has 0 amide bonds. The molecule has 4 heteroatoms. The molecule has 1 aromatic heterocycles. The second-order valence-electron chi connectivity index (χ2n) is 7.18. The molecule has 4 rings (SSSR count). The average molecular weight is 361 g/mol. The molecule has 1 saturated heterocycles. The van der Waals surface area contributed by atoms with E-state index in [0.29, 0.717) is 12.6 Å². The first-order valence-corrected chi connectivity index (χ1v) is 9.78. The van der Waals surface area contributed by atoms with Gasteiger partial charge in [0.15, 0.2) is 0 Å². The van der Waals surface area contributed by atoms with Crippen molar-refractivity contribution in [3.63, 3.8) is 0 Å². The number of benzene rings is 2. The molecule has 140 valence electrons. The monoisotopic (exact) mass is 361 g/mol. The highest BCUT2D eigenvalue weighted by atomic mass is 16.5. The third kappa shape index (κ3) is 3.76. The second-order valence-corrected chi connectivity index (χ2v) is 7.18. The maximum Gasteiger partial charge on any atom is 0.140 e. The van der Waals surface area contributed by atoms with Gasteiger partial charge in [-0.1, -0.05) is 48.5 Å². The van der Waals surface area contributed by atoms with E-state index in [1.54, 1.807) is 0 Å². The highest BCUT2D eigenvalue weighted by Crippen LogP contribution is 2.31. The molecule has 2 heterocycles. The van der Waals surface area contributed by atoms with Gasteiger partial charge in [-0.25, -0.2) is 4.98 Å². The third-order valence-corrected chi connectivity index (χ3v) is 5.29. The topological polar surface area (TPSA) is 30.3 Å². The van der Waals surface area contributed by atoms with Gasteiger partial charge in [0.2, 0.25) is 0 Å². The third-order valence-electron chi connectivity index (χ3n) is 5.29. The Morgan fingerprint density at radius 1 is 1.07 bits per heavy atom. The van der Waals surface area contributed by atoms with Crippen LogP contribution in [0, 0.1) is 6.92 Å². The Hall–Kier alpha value is -2.59. The summed E-state index contributed by atoms with van der Waals surface area (Å²) in [5.41, 5.74) is 3.69. The van der Waals surface area contributed by atoms with Crippen molar-refractivity contribution >= 4 is 0 Å². The van der Waals surface area contributed by atoms with E-state index in [1.165, 1.54) is 16.8 Å². The molecule has 1 aliphatic heterocycles. The van der Waals surface area contributed by atoms with Crippen molar-refractivity contribution in [2.45, 2.75) is 32.9 Å². The van der Waals surface area contributed by atoms with Crippen LogP contribution in [0.4, 0.5) is 0 Å². The number of ether oxygens (including phenoxy) is 1. The van der Waals surface area contributed by atoms with Gasteiger partial charge in [-0.3, -0.25) is 4.90 Å². The van der Waals surface area contributed by atoms with Crippen LogP contribution in [-0.2, 0) is 6.54 Å². The Balaban J connectivity index is 1.52. The molecule has 1 fully saturated rings. The van der Waals surface area contributed by atoms with Crippen LogP contribution >= 0.6 is 0 Å². The van der Waals surface area contributed by atoms with E-state index < -0.39 is 0 Å². The van der Waals surface area contributed by atoms with Gasteiger partial charge in [-0.2, -0.15) is 0 Å². The summed E-state index contributed by atoms with van der Waals surface area (Å²) in [4.78, 5) is 7.23. The summed E-state index contributed by atoms with van der Waals surface area (Å²) in [6.07, 6.45) is 3.14. The van der Waals surface area contributed by atoms with Gasteiger partial charge in [0.25, 0.3) is 0 Å². The Bertz CT molecular complexity index is 888. The summed E-state index contributed by atoms with van der Waals surface area (Å²) in [6, 6.07) is 19.3. The molecular formula is C23H27N3O. The Labute approximate surface area is 161 Å². The van der Waals surface area contributed by atoms with Crippen molar-refractivity contribution in [2.24, 2.45) is 0 Å². The lowest BCUT2D eigenvalue weighted by molar-refractivity contribution is 0.296. The Kier molecular flexibility index (Phi) is 5.26. The van der Waals surface area contributed by atoms with Gasteiger partial charge in [-0.15, -0.1) is 0 Å². The standard InChI is InChI=1S/C23H27N3O/c1-3-27-22-12-8-7-11-20(22)16-25-14-13-21(17-25)26-18(2)15-24-23(26)19-9-5-4-6-10-19/h4-12,15,21H,3,13-14,16-17H2,1-2H3. The SMILES string of the molecule is CCOc1ccccc1CN1CCC(n2c(C)cnc2-c2ccccc2)C1. The first-order chi connectivity index (χ1) is 13.3. The molecule has 0 aliphatic carbocycles. The summed E-state index contributed by atoms with van der Waals surface area (Å²) in [6.45, 7) is 7.96. The molecule has 2 aromatic carbocycles. The molecule has 4 nitrogen and oxygen atoms in total. The Morgan fingerprint density at radius 2 is 1.85 bits per heavy atom. The minimum absolute atomic E-state index is 0.460. The number of hydrogen-bond donors (Lipinski definition) is 0. The van der Waals surface area contributed by atoms with E-state index in [2.05, 4.69) is 64.9 Å². The number of para-hydroxylation sites is 1. The fourth-order valence-electron chi connectivity index (χ4n) is 4.05. The number of aryl methyl sites for hydroxylation is 1. The summed E-state index contributed by atoms with van der Waals surface area (Å²) in [7, 11) is 0. The number of aromatic nitrogens is 2. The fourth-order valence-corrected chi connectivity index (χ4v) is 4.05. The second kappa shape index (κ2) is 7.97. The zero-order valence-corrected chi connectivity index (χ0v) is 16.1. The number of likely N-dealkylation sites (tertiary alicyclic amines) is 1. The maximum atomic E-state index is 5.80. The predicted octanol–water partition coefficient (Wildman–Crippen LogP) is 4.70. The van der Waals surface area contributed by atoms with Crippen LogP contribution in [0.15, 0.2) is 60.8 Å². The van der Waals surface area contributed by atoms with E-state index in [1.807, 2.05) is 19.2 Å². The molecular weight excluding hydrogens is 334 g/mol. The number of nitrogens with zero attached hydrogens (tertiary/aromatic N) is 3. The van der Waals surface area contributed by atoms with Gasteiger partial charge < -0.3 is 9.30 Å². The zero-order valence-electron chi connectivity index (χ0n) is 16.1. The largest absolute Gasteiger partial charge is 0.494 e. The van der Waals surface area contributed by atoms with Crippen molar-refractivity contribution < 1.29 is 4.74 Å². The highest BCUT2D eigenvalue weighted by molar-refractivity contribution is 5.56. The molecule has 1 unspecified atom stereocenters. The molecule has 0 radical (unpaired) electrons. The smallest absolute Gasteiger partial charge is 0.140 e. The summed E-state index contributed by atoms with van der Waals surface area (Å²) < 4.78 is 8.22. The fraction of sp³-hybridized carbons (Fsp3) is 0.348. The molecule has 0 bridgehead atoms. The average Bonchev–Trinajstić information content (AvgIpc) is 3.30. The van der Waals surface area contributed by atoms with Crippen molar-refractivity contribution in [1.82, 2.24) is 14.5 Å². The van der Waals surface area contributed by atoms with Gasteiger partial charge in [0, 0.05) is 48.7 Å². The van der Waals surface area contributed by atoms with Crippen LogP contribution in [0.25, 0.3) is 11.4 Å². The van der Waals surface area contributed by atoms with Crippen LogP contribution < -0.4 is 4.74 Å². The molecule has 1 aliphatic rings. The van der Waals surface area contributed by atoms with Crippen LogP contribution in [-0.4, -0.2) is 34.1 Å². The lowest BCUT2D eigenvalue weighted by Crippen LogP contribution is -2.22. The van der Waals surface area contributed by atoms with Crippen molar-refractivity contribution in [3.8, 4) is 17.1 Å². The lowest BCUT2D eigenvalue weighted by atomic mass is 10.2. The van der Waals surface area contributed by atoms with Gasteiger partial charge in [0.1, 0.15) is 11.6 Å². The first kappa shape index (κ1) is 17.8. The van der Waals surface area contributed by atoms with Crippen LogP contribution in [0.3, 0.4) is 0 Å². The highest BCUT2D eigenvalue weighted by Gasteiger charge is 2.27. The van der Waals surface area contributed by atoms with E-state index in [0.717, 1.165) is 37.6 Å². The maximum absolute atomic E-state index is 5.80. The van der Waals surface area contributed by atoms with Crippen molar-refractivity contribution in [2.75, 3.05) is 19.7 Å². The zero-order chi connectivity index (χ0) is 18.6. The van der Waals surface area contributed by atoms with Gasteiger partial charge >= 0.3 is 0 Å². The predicted molar refractivity (Wildman–Crippen MR) is 109 cm³/mol. The van der Waals surface area contributed by atoms with E-state index >= 15 is 0 Å². The molecule has 1 atom stereocenters. The number of imidazole rings is 1. The van der Waals surface area contributed by atoms with Crippen molar-refractivity contribution in [1.29, 1.82) is 0 Å². The van der Waals surface area contributed by atoms with Crippen LogP contribution in [0.2, 0.25) is 0 Å². The van der Waals surface area contributed by atoms with E-state index in [-0.39, 0.29) is 0 Å². The van der Waals surface area contributed by atoms with Crippen molar-refractivity contribution in [3.05, 3.63) is 72.1 Å². The van der Waals surface area contributed by atoms with E-state index in [4.69, 9.17) is 9.72 Å². The minimum atomic E-state index is 0.460. The quantitative estimate of drug-likeness (QED) is 0.637. The summed E-state index contributed by atoms with van der Waals surface area (Å²) >= 11 is 0. The van der Waals surface area contributed by atoms with Gasteiger partial charge in [0.05, 0.1) is 6.61 Å². The number of hydrogen-bond acceptors (Lipinski definition) is 3.